The van der Waals surface area contributed by atoms with Crippen molar-refractivity contribution in [1.82, 2.24) is 9.61 Å². The van der Waals surface area contributed by atoms with Crippen molar-refractivity contribution < 1.29 is 4.42 Å². The zero-order valence-corrected chi connectivity index (χ0v) is 14.2. The van der Waals surface area contributed by atoms with E-state index < -0.39 is 0 Å². The number of fused-ring (bicyclic) bond motifs is 1. The number of oxazole rings is 1. The van der Waals surface area contributed by atoms with Crippen LogP contribution in [0.2, 0.25) is 10.0 Å². The van der Waals surface area contributed by atoms with Crippen molar-refractivity contribution in [2.75, 3.05) is 0 Å². The Kier molecular flexibility index (Phi) is 4.02. The fourth-order valence-corrected chi connectivity index (χ4v) is 3.02. The summed E-state index contributed by atoms with van der Waals surface area (Å²) in [5.74, 6) is 0.776. The van der Waals surface area contributed by atoms with Gasteiger partial charge in [-0.3, -0.25) is 0 Å². The molecule has 0 amide bonds. The van der Waals surface area contributed by atoms with E-state index in [1.165, 1.54) is 0 Å². The molecular formula is C17H16Cl2N2O. The van der Waals surface area contributed by atoms with Gasteiger partial charge in [0.2, 0.25) is 5.71 Å². The molecule has 0 bridgehead atoms. The van der Waals surface area contributed by atoms with Crippen LogP contribution >= 0.6 is 23.2 Å². The summed E-state index contributed by atoms with van der Waals surface area (Å²) in [7, 11) is 0. The number of nitrogens with zero attached hydrogens (tertiary/aromatic N) is 2. The first-order valence-corrected chi connectivity index (χ1v) is 7.89. The van der Waals surface area contributed by atoms with Crippen LogP contribution in [0.1, 0.15) is 30.4 Å². The summed E-state index contributed by atoms with van der Waals surface area (Å²) in [6.07, 6.45) is 5.11. The van der Waals surface area contributed by atoms with Crippen LogP contribution in [0.5, 0.6) is 0 Å². The third-order valence-electron chi connectivity index (χ3n) is 3.56. The molecule has 1 aromatic carbocycles. The molecule has 3 nitrogen and oxygen atoms in total. The summed E-state index contributed by atoms with van der Waals surface area (Å²) < 4.78 is 7.76. The van der Waals surface area contributed by atoms with Gasteiger partial charge in [0, 0.05) is 10.6 Å². The van der Waals surface area contributed by atoms with E-state index in [1.54, 1.807) is 6.07 Å². The van der Waals surface area contributed by atoms with E-state index in [1.807, 2.05) is 36.6 Å². The molecule has 2 aromatic heterocycles. The lowest BCUT2D eigenvalue weighted by Crippen LogP contribution is -1.91. The summed E-state index contributed by atoms with van der Waals surface area (Å²) in [5, 5.41) is 5.79. The molecule has 114 valence electrons. The second kappa shape index (κ2) is 5.82. The third-order valence-corrected chi connectivity index (χ3v) is 4.11. The minimum absolute atomic E-state index is 0.581. The lowest BCUT2D eigenvalue weighted by molar-refractivity contribution is 0.572. The highest BCUT2D eigenvalue weighted by Crippen LogP contribution is 2.35. The molecule has 0 atom stereocenters. The van der Waals surface area contributed by atoms with Gasteiger partial charge in [-0.05, 0) is 38.5 Å². The van der Waals surface area contributed by atoms with Gasteiger partial charge in [-0.25, -0.2) is 0 Å². The van der Waals surface area contributed by atoms with Crippen LogP contribution in [0.3, 0.4) is 0 Å². The summed E-state index contributed by atoms with van der Waals surface area (Å²) in [5.41, 5.74) is 4.38. The van der Waals surface area contributed by atoms with Crippen molar-refractivity contribution in [2.24, 2.45) is 0 Å². The normalized spacial score (nSPS) is 11.9. The second-order valence-electron chi connectivity index (χ2n) is 5.16. The predicted octanol–water partition coefficient (Wildman–Crippen LogP) is 5.94. The van der Waals surface area contributed by atoms with Crippen LogP contribution in [-0.2, 0) is 0 Å². The molecule has 3 rings (SSSR count). The van der Waals surface area contributed by atoms with Gasteiger partial charge in [0.05, 0.1) is 16.3 Å². The van der Waals surface area contributed by atoms with E-state index in [2.05, 4.69) is 18.1 Å². The van der Waals surface area contributed by atoms with Crippen molar-refractivity contribution in [3.05, 3.63) is 51.3 Å². The van der Waals surface area contributed by atoms with Crippen LogP contribution in [0.25, 0.3) is 23.0 Å². The molecule has 0 unspecified atom stereocenters. The summed E-state index contributed by atoms with van der Waals surface area (Å²) >= 11 is 12.3. The monoisotopic (exact) mass is 334 g/mol. The van der Waals surface area contributed by atoms with E-state index in [9.17, 15) is 0 Å². The second-order valence-corrected chi connectivity index (χ2v) is 6.00. The molecule has 22 heavy (non-hydrogen) atoms. The molecule has 0 aliphatic heterocycles. The van der Waals surface area contributed by atoms with Gasteiger partial charge >= 0.3 is 0 Å². The van der Waals surface area contributed by atoms with E-state index in [0.29, 0.717) is 10.0 Å². The molecule has 2 heterocycles. The molecule has 0 N–H and O–H groups in total. The minimum Gasteiger partial charge on any atom is -0.441 e. The van der Waals surface area contributed by atoms with E-state index >= 15 is 0 Å². The number of hydrogen-bond acceptors (Lipinski definition) is 2. The van der Waals surface area contributed by atoms with Gasteiger partial charge in [-0.15, -0.1) is 0 Å². The van der Waals surface area contributed by atoms with Crippen molar-refractivity contribution in [3.63, 3.8) is 0 Å². The quantitative estimate of drug-likeness (QED) is 0.593. The van der Waals surface area contributed by atoms with Gasteiger partial charge < -0.3 is 4.42 Å². The SMILES string of the molecule is CCC=Cc1c(C)nn2c(-c3ccc(Cl)cc3Cl)c(C)oc12. The van der Waals surface area contributed by atoms with Gasteiger partial charge in [0.1, 0.15) is 11.5 Å². The summed E-state index contributed by atoms with van der Waals surface area (Å²) in [4.78, 5) is 0. The number of halogens is 2. The maximum atomic E-state index is 6.34. The molecule has 0 saturated carbocycles. The molecule has 0 fully saturated rings. The highest BCUT2D eigenvalue weighted by Gasteiger charge is 2.20. The van der Waals surface area contributed by atoms with Crippen LogP contribution < -0.4 is 0 Å². The molecule has 0 spiro atoms. The van der Waals surface area contributed by atoms with E-state index in [-0.39, 0.29) is 0 Å². The maximum absolute atomic E-state index is 6.34. The molecule has 5 heteroatoms. The Morgan fingerprint density at radius 1 is 1.27 bits per heavy atom. The highest BCUT2D eigenvalue weighted by atomic mass is 35.5. The average Bonchev–Trinajstić information content (AvgIpc) is 2.91. The zero-order valence-electron chi connectivity index (χ0n) is 12.7. The molecule has 3 aromatic rings. The van der Waals surface area contributed by atoms with Crippen molar-refractivity contribution in [3.8, 4) is 11.3 Å². The van der Waals surface area contributed by atoms with Gasteiger partial charge in [-0.2, -0.15) is 9.61 Å². The number of aromatic nitrogens is 2. The predicted molar refractivity (Wildman–Crippen MR) is 91.7 cm³/mol. The molecular weight excluding hydrogens is 319 g/mol. The minimum atomic E-state index is 0.581. The number of aryl methyl sites for hydroxylation is 2. The largest absolute Gasteiger partial charge is 0.441 e. The Morgan fingerprint density at radius 2 is 2.05 bits per heavy atom. The van der Waals surface area contributed by atoms with Crippen LogP contribution in [-0.4, -0.2) is 9.61 Å². The van der Waals surface area contributed by atoms with Crippen LogP contribution in [0.4, 0.5) is 0 Å². The topological polar surface area (TPSA) is 30.4 Å². The Labute approximate surface area is 139 Å². The van der Waals surface area contributed by atoms with E-state index in [4.69, 9.17) is 27.6 Å². The Bertz CT molecular complexity index is 875. The lowest BCUT2D eigenvalue weighted by Gasteiger charge is -2.03. The van der Waals surface area contributed by atoms with Crippen LogP contribution in [0.15, 0.2) is 28.7 Å². The first-order chi connectivity index (χ1) is 10.5. The fourth-order valence-electron chi connectivity index (χ4n) is 2.52. The van der Waals surface area contributed by atoms with Crippen molar-refractivity contribution >= 4 is 35.0 Å². The summed E-state index contributed by atoms with van der Waals surface area (Å²) in [6.45, 7) is 5.98. The Hall–Kier alpha value is -1.71. The summed E-state index contributed by atoms with van der Waals surface area (Å²) in [6, 6.07) is 5.43. The van der Waals surface area contributed by atoms with Crippen molar-refractivity contribution in [1.29, 1.82) is 0 Å². The first kappa shape index (κ1) is 15.2. The maximum Gasteiger partial charge on any atom is 0.229 e. The fraction of sp³-hybridized carbons (Fsp3) is 0.235. The standard InChI is InChI=1S/C17H16Cl2N2O/c1-4-5-6-13-10(2)20-21-16(11(3)22-17(13)21)14-8-7-12(18)9-15(14)19/h5-9H,4H2,1-3H3. The van der Waals surface area contributed by atoms with Gasteiger partial charge in [-0.1, -0.05) is 42.3 Å². The van der Waals surface area contributed by atoms with Gasteiger partial charge in [0.15, 0.2) is 0 Å². The average molecular weight is 335 g/mol. The Morgan fingerprint density at radius 3 is 2.73 bits per heavy atom. The number of rotatable bonds is 3. The lowest BCUT2D eigenvalue weighted by atomic mass is 10.1. The van der Waals surface area contributed by atoms with Gasteiger partial charge in [0.25, 0.3) is 0 Å². The number of allylic oxidation sites excluding steroid dienone is 1. The molecule has 0 aliphatic rings. The smallest absolute Gasteiger partial charge is 0.229 e. The zero-order chi connectivity index (χ0) is 15.9. The number of hydrogen-bond donors (Lipinski definition) is 0. The molecule has 0 saturated heterocycles. The van der Waals surface area contributed by atoms with Crippen LogP contribution in [0, 0.1) is 13.8 Å². The van der Waals surface area contributed by atoms with E-state index in [0.717, 1.165) is 40.4 Å². The molecule has 0 radical (unpaired) electrons. The molecule has 0 aliphatic carbocycles. The van der Waals surface area contributed by atoms with Crippen molar-refractivity contribution in [2.45, 2.75) is 27.2 Å². The highest BCUT2D eigenvalue weighted by molar-refractivity contribution is 6.36. The number of benzene rings is 1. The first-order valence-electron chi connectivity index (χ1n) is 7.13. The Balaban J connectivity index is 2.27. The third kappa shape index (κ3) is 2.44.